The van der Waals surface area contributed by atoms with Crippen molar-refractivity contribution in [3.63, 3.8) is 0 Å². The molecule has 5 nitrogen and oxygen atoms in total. The van der Waals surface area contributed by atoms with E-state index in [1.54, 1.807) is 11.3 Å². The van der Waals surface area contributed by atoms with Crippen LogP contribution in [0, 0.1) is 5.92 Å². The van der Waals surface area contributed by atoms with Gasteiger partial charge in [-0.1, -0.05) is 12.1 Å². The van der Waals surface area contributed by atoms with Gasteiger partial charge in [-0.05, 0) is 31.4 Å². The Bertz CT molecular complexity index is 674. The lowest BCUT2D eigenvalue weighted by molar-refractivity contribution is -0.137. The van der Waals surface area contributed by atoms with Crippen LogP contribution >= 0.6 is 11.3 Å². The Labute approximate surface area is 145 Å². The van der Waals surface area contributed by atoms with Crippen LogP contribution in [0.2, 0.25) is 0 Å². The normalized spacial score (nSPS) is 20.6. The van der Waals surface area contributed by atoms with E-state index in [0.717, 1.165) is 54.2 Å². The zero-order valence-corrected chi connectivity index (χ0v) is 14.5. The number of hydrogen-bond donors (Lipinski definition) is 0. The molecule has 0 spiro atoms. The molecule has 0 bridgehead atoms. The van der Waals surface area contributed by atoms with Crippen molar-refractivity contribution in [2.24, 2.45) is 5.92 Å². The standard InChI is InChI=1S/C18H22N2O3S/c21-18(20(14-5-6-14)9-13-7-8-22-10-13)12-23-11-17-19-15-3-1-2-4-16(15)24-17/h1-4,13-14H,5-12H2. The quantitative estimate of drug-likeness (QED) is 0.774. The van der Waals surface area contributed by atoms with Gasteiger partial charge < -0.3 is 14.4 Å². The van der Waals surface area contributed by atoms with Crippen LogP contribution in [0.15, 0.2) is 24.3 Å². The summed E-state index contributed by atoms with van der Waals surface area (Å²) in [5.74, 6) is 0.587. The zero-order valence-electron chi connectivity index (χ0n) is 13.6. The van der Waals surface area contributed by atoms with E-state index in [1.165, 1.54) is 0 Å². The Morgan fingerprint density at radius 1 is 1.33 bits per heavy atom. The predicted molar refractivity (Wildman–Crippen MR) is 92.9 cm³/mol. The van der Waals surface area contributed by atoms with Crippen molar-refractivity contribution in [1.29, 1.82) is 0 Å². The lowest BCUT2D eigenvalue weighted by Gasteiger charge is -2.25. The summed E-state index contributed by atoms with van der Waals surface area (Å²) in [5.41, 5.74) is 0.994. The molecule has 1 unspecified atom stereocenters. The third kappa shape index (κ3) is 3.77. The van der Waals surface area contributed by atoms with Gasteiger partial charge in [0.05, 0.1) is 23.4 Å². The Kier molecular flexibility index (Phi) is 4.78. The lowest BCUT2D eigenvalue weighted by Crippen LogP contribution is -2.39. The van der Waals surface area contributed by atoms with E-state index >= 15 is 0 Å². The number of fused-ring (bicyclic) bond motifs is 1. The first-order valence-electron chi connectivity index (χ1n) is 8.59. The number of ether oxygens (including phenoxy) is 2. The van der Waals surface area contributed by atoms with E-state index in [2.05, 4.69) is 11.1 Å². The maximum atomic E-state index is 12.5. The summed E-state index contributed by atoms with van der Waals surface area (Å²) in [6.07, 6.45) is 3.30. The van der Waals surface area contributed by atoms with Crippen molar-refractivity contribution in [2.75, 3.05) is 26.4 Å². The average Bonchev–Trinajstić information content (AvgIpc) is 3.13. The summed E-state index contributed by atoms with van der Waals surface area (Å²) < 4.78 is 12.2. The molecule has 24 heavy (non-hydrogen) atoms. The molecule has 1 saturated carbocycles. The van der Waals surface area contributed by atoms with Crippen molar-refractivity contribution >= 4 is 27.5 Å². The molecule has 2 fully saturated rings. The van der Waals surface area contributed by atoms with Gasteiger partial charge in [0.15, 0.2) is 0 Å². The van der Waals surface area contributed by atoms with Gasteiger partial charge in [-0.25, -0.2) is 4.98 Å². The Morgan fingerprint density at radius 3 is 2.96 bits per heavy atom. The third-order valence-corrected chi connectivity index (χ3v) is 5.59. The van der Waals surface area contributed by atoms with Crippen LogP contribution in [0.5, 0.6) is 0 Å². The third-order valence-electron chi connectivity index (χ3n) is 4.58. The fraction of sp³-hybridized carbons (Fsp3) is 0.556. The molecule has 1 aliphatic carbocycles. The van der Waals surface area contributed by atoms with Gasteiger partial charge >= 0.3 is 0 Å². The van der Waals surface area contributed by atoms with Crippen LogP contribution in [0.3, 0.4) is 0 Å². The predicted octanol–water partition coefficient (Wildman–Crippen LogP) is 2.84. The van der Waals surface area contributed by atoms with E-state index in [1.807, 2.05) is 23.1 Å². The van der Waals surface area contributed by atoms with E-state index in [0.29, 0.717) is 18.6 Å². The number of rotatable bonds is 7. The molecule has 0 radical (unpaired) electrons. The maximum absolute atomic E-state index is 12.5. The van der Waals surface area contributed by atoms with Crippen molar-refractivity contribution in [3.8, 4) is 0 Å². The minimum Gasteiger partial charge on any atom is -0.381 e. The largest absolute Gasteiger partial charge is 0.381 e. The molecular weight excluding hydrogens is 324 g/mol. The molecule has 6 heteroatoms. The summed E-state index contributed by atoms with van der Waals surface area (Å²) in [4.78, 5) is 19.1. The van der Waals surface area contributed by atoms with Gasteiger partial charge in [-0.2, -0.15) is 0 Å². The van der Waals surface area contributed by atoms with Gasteiger partial charge in [0.1, 0.15) is 11.6 Å². The van der Waals surface area contributed by atoms with Crippen LogP contribution in [-0.4, -0.2) is 48.2 Å². The van der Waals surface area contributed by atoms with Crippen molar-refractivity contribution in [3.05, 3.63) is 29.3 Å². The highest BCUT2D eigenvalue weighted by Gasteiger charge is 2.34. The van der Waals surface area contributed by atoms with Crippen LogP contribution in [0.1, 0.15) is 24.3 Å². The van der Waals surface area contributed by atoms with Gasteiger partial charge in [0.2, 0.25) is 5.91 Å². The topological polar surface area (TPSA) is 51.7 Å². The first-order valence-corrected chi connectivity index (χ1v) is 9.40. The highest BCUT2D eigenvalue weighted by molar-refractivity contribution is 7.18. The van der Waals surface area contributed by atoms with Gasteiger partial charge in [-0.3, -0.25) is 4.79 Å². The summed E-state index contributed by atoms with van der Waals surface area (Å²) in [6, 6.07) is 8.47. The summed E-state index contributed by atoms with van der Waals surface area (Å²) >= 11 is 1.62. The highest BCUT2D eigenvalue weighted by atomic mass is 32.1. The summed E-state index contributed by atoms with van der Waals surface area (Å²) in [5, 5.41) is 0.922. The van der Waals surface area contributed by atoms with E-state index < -0.39 is 0 Å². The number of thiazole rings is 1. The number of nitrogens with zero attached hydrogens (tertiary/aromatic N) is 2. The molecule has 4 rings (SSSR count). The summed E-state index contributed by atoms with van der Waals surface area (Å²) in [7, 11) is 0. The smallest absolute Gasteiger partial charge is 0.248 e. The van der Waals surface area contributed by atoms with Gasteiger partial charge in [0.25, 0.3) is 0 Å². The van der Waals surface area contributed by atoms with Crippen LogP contribution in [-0.2, 0) is 20.9 Å². The molecule has 2 aromatic rings. The molecule has 128 valence electrons. The number of benzene rings is 1. The van der Waals surface area contributed by atoms with Crippen molar-refractivity contribution < 1.29 is 14.3 Å². The fourth-order valence-electron chi connectivity index (χ4n) is 3.14. The minimum atomic E-state index is 0.102. The molecule has 0 N–H and O–H groups in total. The molecule has 1 aliphatic heterocycles. The van der Waals surface area contributed by atoms with Crippen LogP contribution < -0.4 is 0 Å². The number of para-hydroxylation sites is 1. The number of hydrogen-bond acceptors (Lipinski definition) is 5. The maximum Gasteiger partial charge on any atom is 0.248 e. The molecule has 1 aromatic heterocycles. The number of carbonyl (C=O) groups is 1. The molecular formula is C18H22N2O3S. The zero-order chi connectivity index (χ0) is 16.4. The second kappa shape index (κ2) is 7.17. The molecule has 1 aromatic carbocycles. The molecule has 1 saturated heterocycles. The monoisotopic (exact) mass is 346 g/mol. The Balaban J connectivity index is 1.29. The first-order chi connectivity index (χ1) is 11.8. The van der Waals surface area contributed by atoms with Crippen LogP contribution in [0.25, 0.3) is 10.2 Å². The summed E-state index contributed by atoms with van der Waals surface area (Å²) in [6.45, 7) is 2.96. The second-order valence-corrected chi connectivity index (χ2v) is 7.69. The second-order valence-electron chi connectivity index (χ2n) is 6.58. The Morgan fingerprint density at radius 2 is 2.21 bits per heavy atom. The van der Waals surface area contributed by atoms with Gasteiger partial charge in [0, 0.05) is 25.1 Å². The van der Waals surface area contributed by atoms with E-state index in [-0.39, 0.29) is 12.5 Å². The highest BCUT2D eigenvalue weighted by Crippen LogP contribution is 2.29. The number of aromatic nitrogens is 1. The molecule has 1 amide bonds. The van der Waals surface area contributed by atoms with Crippen molar-refractivity contribution in [1.82, 2.24) is 9.88 Å². The molecule has 2 heterocycles. The molecule has 2 aliphatic rings. The number of amides is 1. The average molecular weight is 346 g/mol. The molecule has 1 atom stereocenters. The lowest BCUT2D eigenvalue weighted by atomic mass is 10.1. The minimum absolute atomic E-state index is 0.102. The number of carbonyl (C=O) groups excluding carboxylic acids is 1. The van der Waals surface area contributed by atoms with Crippen molar-refractivity contribution in [2.45, 2.75) is 31.9 Å². The SMILES string of the molecule is O=C(COCc1nc2ccccc2s1)N(CC1CCOC1)C1CC1. The van der Waals surface area contributed by atoms with Gasteiger partial charge in [-0.15, -0.1) is 11.3 Å². The van der Waals surface area contributed by atoms with E-state index in [4.69, 9.17) is 9.47 Å². The first kappa shape index (κ1) is 16.0. The van der Waals surface area contributed by atoms with Crippen LogP contribution in [0.4, 0.5) is 0 Å². The Hall–Kier alpha value is -1.50. The van der Waals surface area contributed by atoms with E-state index in [9.17, 15) is 4.79 Å². The fourth-order valence-corrected chi connectivity index (χ4v) is 4.04.